The van der Waals surface area contributed by atoms with Crippen molar-refractivity contribution in [1.29, 1.82) is 0 Å². The molecule has 1 aliphatic carbocycles. The third-order valence-corrected chi connectivity index (χ3v) is 5.22. The average Bonchev–Trinajstić information content (AvgIpc) is 2.45. The minimum absolute atomic E-state index is 0.332. The first-order valence-electron chi connectivity index (χ1n) is 8.16. The van der Waals surface area contributed by atoms with Crippen LogP contribution in [0.2, 0.25) is 0 Å². The van der Waals surface area contributed by atoms with Crippen LogP contribution in [0.15, 0.2) is 0 Å². The van der Waals surface area contributed by atoms with Gasteiger partial charge in [0.25, 0.3) is 0 Å². The van der Waals surface area contributed by atoms with Crippen molar-refractivity contribution in [3.63, 3.8) is 0 Å². The SMILES string of the molecule is CC(C1CCCCC1)N1CCCCC1CCC(=O)O. The molecule has 3 heteroatoms. The number of rotatable bonds is 5. The van der Waals surface area contributed by atoms with Crippen molar-refractivity contribution in [3.05, 3.63) is 0 Å². The summed E-state index contributed by atoms with van der Waals surface area (Å²) in [6, 6.07) is 1.17. The molecular formula is C16H29NO2. The predicted molar refractivity (Wildman–Crippen MR) is 77.3 cm³/mol. The summed E-state index contributed by atoms with van der Waals surface area (Å²) in [5.74, 6) is 0.204. The van der Waals surface area contributed by atoms with Gasteiger partial charge in [-0.05, 0) is 51.5 Å². The number of hydrogen-bond acceptors (Lipinski definition) is 2. The van der Waals surface area contributed by atoms with Crippen LogP contribution in [0.1, 0.15) is 71.1 Å². The molecule has 0 aromatic carbocycles. The summed E-state index contributed by atoms with van der Waals surface area (Å²) >= 11 is 0. The number of hydrogen-bond donors (Lipinski definition) is 1. The van der Waals surface area contributed by atoms with Gasteiger partial charge >= 0.3 is 5.97 Å². The summed E-state index contributed by atoms with van der Waals surface area (Å²) in [7, 11) is 0. The molecule has 1 N–H and O–H groups in total. The Kier molecular flexibility index (Phi) is 5.68. The highest BCUT2D eigenvalue weighted by Gasteiger charge is 2.31. The summed E-state index contributed by atoms with van der Waals surface area (Å²) in [5, 5.41) is 8.90. The van der Waals surface area contributed by atoms with E-state index in [1.807, 2.05) is 0 Å². The van der Waals surface area contributed by atoms with Gasteiger partial charge in [-0.25, -0.2) is 0 Å². The van der Waals surface area contributed by atoms with Gasteiger partial charge in [-0.2, -0.15) is 0 Å². The van der Waals surface area contributed by atoms with Gasteiger partial charge in [-0.15, -0.1) is 0 Å². The molecule has 3 nitrogen and oxygen atoms in total. The summed E-state index contributed by atoms with van der Waals surface area (Å²) in [6.45, 7) is 3.57. The molecule has 1 aliphatic heterocycles. The first-order chi connectivity index (χ1) is 9.18. The van der Waals surface area contributed by atoms with E-state index >= 15 is 0 Å². The maximum atomic E-state index is 10.8. The molecule has 2 unspecified atom stereocenters. The minimum atomic E-state index is -0.643. The van der Waals surface area contributed by atoms with E-state index in [0.717, 1.165) is 12.3 Å². The van der Waals surface area contributed by atoms with Crippen molar-refractivity contribution in [1.82, 2.24) is 4.90 Å². The largest absolute Gasteiger partial charge is 0.481 e. The van der Waals surface area contributed by atoms with Crippen LogP contribution in [0.5, 0.6) is 0 Å². The number of carboxylic acids is 1. The van der Waals surface area contributed by atoms with Crippen molar-refractivity contribution in [2.45, 2.75) is 83.2 Å². The van der Waals surface area contributed by atoms with Crippen molar-refractivity contribution in [2.75, 3.05) is 6.54 Å². The maximum absolute atomic E-state index is 10.8. The van der Waals surface area contributed by atoms with Crippen LogP contribution < -0.4 is 0 Å². The lowest BCUT2D eigenvalue weighted by molar-refractivity contribution is -0.137. The number of carbonyl (C=O) groups is 1. The van der Waals surface area contributed by atoms with Crippen molar-refractivity contribution < 1.29 is 9.90 Å². The highest BCUT2D eigenvalue weighted by atomic mass is 16.4. The lowest BCUT2D eigenvalue weighted by atomic mass is 9.82. The Morgan fingerprint density at radius 2 is 1.84 bits per heavy atom. The van der Waals surface area contributed by atoms with Gasteiger partial charge in [0, 0.05) is 18.5 Å². The minimum Gasteiger partial charge on any atom is -0.481 e. The first-order valence-corrected chi connectivity index (χ1v) is 8.16. The van der Waals surface area contributed by atoms with Gasteiger partial charge in [0.2, 0.25) is 0 Å². The van der Waals surface area contributed by atoms with Crippen LogP contribution in [0.4, 0.5) is 0 Å². The zero-order valence-corrected chi connectivity index (χ0v) is 12.3. The molecule has 0 bridgehead atoms. The van der Waals surface area contributed by atoms with Gasteiger partial charge in [0.15, 0.2) is 0 Å². The zero-order valence-electron chi connectivity index (χ0n) is 12.3. The highest BCUT2D eigenvalue weighted by molar-refractivity contribution is 5.66. The maximum Gasteiger partial charge on any atom is 0.303 e. The first kappa shape index (κ1) is 14.8. The van der Waals surface area contributed by atoms with E-state index in [1.165, 1.54) is 57.9 Å². The number of piperidine rings is 1. The molecule has 2 atom stereocenters. The van der Waals surface area contributed by atoms with E-state index in [1.54, 1.807) is 0 Å². The number of nitrogens with zero attached hydrogens (tertiary/aromatic N) is 1. The smallest absolute Gasteiger partial charge is 0.303 e. The van der Waals surface area contributed by atoms with E-state index in [-0.39, 0.29) is 0 Å². The molecule has 0 radical (unpaired) electrons. The van der Waals surface area contributed by atoms with E-state index in [4.69, 9.17) is 5.11 Å². The molecule has 0 aromatic heterocycles. The average molecular weight is 267 g/mol. The van der Waals surface area contributed by atoms with Gasteiger partial charge in [-0.1, -0.05) is 25.7 Å². The van der Waals surface area contributed by atoms with E-state index in [9.17, 15) is 4.79 Å². The quantitative estimate of drug-likeness (QED) is 0.826. The summed E-state index contributed by atoms with van der Waals surface area (Å²) in [5.41, 5.74) is 0. The second-order valence-electron chi connectivity index (χ2n) is 6.46. The topological polar surface area (TPSA) is 40.5 Å². The molecule has 1 saturated carbocycles. The monoisotopic (exact) mass is 267 g/mol. The standard InChI is InChI=1S/C16H29NO2/c1-13(14-7-3-2-4-8-14)17-12-6-5-9-15(17)10-11-16(18)19/h13-15H,2-12H2,1H3,(H,18,19). The molecule has 1 heterocycles. The van der Waals surface area contributed by atoms with E-state index < -0.39 is 5.97 Å². The van der Waals surface area contributed by atoms with Gasteiger partial charge in [0.05, 0.1) is 0 Å². The molecule has 0 aromatic rings. The van der Waals surface area contributed by atoms with Gasteiger partial charge in [0.1, 0.15) is 0 Å². The molecule has 2 fully saturated rings. The molecule has 1 saturated heterocycles. The van der Waals surface area contributed by atoms with Crippen LogP contribution in [0.3, 0.4) is 0 Å². The fraction of sp³-hybridized carbons (Fsp3) is 0.938. The fourth-order valence-corrected chi connectivity index (χ4v) is 4.05. The Hall–Kier alpha value is -0.570. The van der Waals surface area contributed by atoms with E-state index in [2.05, 4.69) is 11.8 Å². The summed E-state index contributed by atoms with van der Waals surface area (Å²) in [6.07, 6.45) is 11.9. The second kappa shape index (κ2) is 7.28. The van der Waals surface area contributed by atoms with Crippen LogP contribution >= 0.6 is 0 Å². The lowest BCUT2D eigenvalue weighted by Gasteiger charge is -2.44. The molecule has 19 heavy (non-hydrogen) atoms. The van der Waals surface area contributed by atoms with E-state index in [0.29, 0.717) is 18.5 Å². The van der Waals surface area contributed by atoms with Gasteiger partial charge < -0.3 is 5.11 Å². The molecule has 2 aliphatic rings. The third-order valence-electron chi connectivity index (χ3n) is 5.22. The second-order valence-corrected chi connectivity index (χ2v) is 6.46. The Balaban J connectivity index is 1.91. The Labute approximate surface area is 117 Å². The van der Waals surface area contributed by atoms with Crippen molar-refractivity contribution in [3.8, 4) is 0 Å². The van der Waals surface area contributed by atoms with Crippen molar-refractivity contribution in [2.24, 2.45) is 5.92 Å². The predicted octanol–water partition coefficient (Wildman–Crippen LogP) is 3.67. The highest BCUT2D eigenvalue weighted by Crippen LogP contribution is 2.32. The molecule has 110 valence electrons. The summed E-state index contributed by atoms with van der Waals surface area (Å²) < 4.78 is 0. The number of likely N-dealkylation sites (tertiary alicyclic amines) is 1. The molecule has 2 rings (SSSR count). The molecular weight excluding hydrogens is 238 g/mol. The number of aliphatic carboxylic acids is 1. The van der Waals surface area contributed by atoms with Crippen LogP contribution in [-0.2, 0) is 4.79 Å². The summed E-state index contributed by atoms with van der Waals surface area (Å²) in [4.78, 5) is 13.4. The van der Waals surface area contributed by atoms with Crippen LogP contribution in [0, 0.1) is 5.92 Å². The van der Waals surface area contributed by atoms with Gasteiger partial charge in [-0.3, -0.25) is 9.69 Å². The van der Waals surface area contributed by atoms with Crippen LogP contribution in [0.25, 0.3) is 0 Å². The molecule has 0 spiro atoms. The fourth-order valence-electron chi connectivity index (χ4n) is 4.05. The Bertz CT molecular complexity index is 286. The lowest BCUT2D eigenvalue weighted by Crippen LogP contribution is -2.48. The molecule has 0 amide bonds. The van der Waals surface area contributed by atoms with Crippen molar-refractivity contribution >= 4 is 5.97 Å². The Morgan fingerprint density at radius 1 is 1.16 bits per heavy atom. The third kappa shape index (κ3) is 4.20. The zero-order chi connectivity index (χ0) is 13.7. The normalized spacial score (nSPS) is 28.2. The van der Waals surface area contributed by atoms with Crippen LogP contribution in [-0.4, -0.2) is 34.6 Å². The number of carboxylic acid groups (broad SMARTS) is 1. The Morgan fingerprint density at radius 3 is 2.53 bits per heavy atom.